The van der Waals surface area contributed by atoms with Crippen molar-refractivity contribution in [3.63, 3.8) is 0 Å². The van der Waals surface area contributed by atoms with Gasteiger partial charge in [0.15, 0.2) is 0 Å². The number of hydrogen-bond donors (Lipinski definition) is 3. The Morgan fingerprint density at radius 3 is 2.68 bits per heavy atom. The Balaban J connectivity index is 1.58. The molecule has 7 heteroatoms. The summed E-state index contributed by atoms with van der Waals surface area (Å²) in [5, 5.41) is 15.1. The van der Waals surface area contributed by atoms with E-state index in [0.717, 1.165) is 17.8 Å². The maximum Gasteiger partial charge on any atom is 0.251 e. The molecular formula is C18H18ClN3O3. The van der Waals surface area contributed by atoms with Crippen LogP contribution in [0.2, 0.25) is 5.02 Å². The topological polar surface area (TPSA) is 81.7 Å². The molecule has 2 aromatic rings. The lowest BCUT2D eigenvalue weighted by atomic mass is 10.1. The number of carbonyl (C=O) groups is 2. The highest BCUT2D eigenvalue weighted by Crippen LogP contribution is 2.23. The zero-order valence-electron chi connectivity index (χ0n) is 13.5. The number of aromatic hydroxyl groups is 1. The van der Waals surface area contributed by atoms with Gasteiger partial charge in [0.25, 0.3) is 5.91 Å². The molecule has 1 aliphatic heterocycles. The normalized spacial score (nSPS) is 14.1. The predicted molar refractivity (Wildman–Crippen MR) is 96.0 cm³/mol. The molecule has 0 aliphatic carbocycles. The number of nitrogens with one attached hydrogen (secondary N) is 2. The van der Waals surface area contributed by atoms with Crippen LogP contribution in [0, 0.1) is 0 Å². The smallest absolute Gasteiger partial charge is 0.251 e. The summed E-state index contributed by atoms with van der Waals surface area (Å²) in [4.78, 5) is 25.6. The minimum absolute atomic E-state index is 0.0233. The number of carbonyl (C=O) groups excluding carboxylic acids is 2. The van der Waals surface area contributed by atoms with Gasteiger partial charge in [-0.15, -0.1) is 0 Å². The number of amides is 2. The molecule has 2 amide bonds. The van der Waals surface area contributed by atoms with Gasteiger partial charge in [-0.25, -0.2) is 0 Å². The van der Waals surface area contributed by atoms with Crippen molar-refractivity contribution in [1.29, 1.82) is 0 Å². The Morgan fingerprint density at radius 1 is 1.24 bits per heavy atom. The molecule has 6 nitrogen and oxygen atoms in total. The molecular weight excluding hydrogens is 342 g/mol. The second kappa shape index (κ2) is 7.44. The first-order valence-corrected chi connectivity index (χ1v) is 8.28. The summed E-state index contributed by atoms with van der Waals surface area (Å²) in [6, 6.07) is 12.1. The van der Waals surface area contributed by atoms with Crippen molar-refractivity contribution in [2.75, 3.05) is 24.5 Å². The van der Waals surface area contributed by atoms with Crippen LogP contribution in [-0.2, 0) is 11.3 Å². The number of benzene rings is 2. The highest BCUT2D eigenvalue weighted by Gasteiger charge is 2.16. The van der Waals surface area contributed by atoms with Crippen LogP contribution in [0.5, 0.6) is 5.75 Å². The Kier molecular flexibility index (Phi) is 5.09. The van der Waals surface area contributed by atoms with Crippen LogP contribution >= 0.6 is 11.6 Å². The minimum Gasteiger partial charge on any atom is -0.506 e. The summed E-state index contributed by atoms with van der Waals surface area (Å²) in [6.45, 7) is 2.16. The van der Waals surface area contributed by atoms with E-state index in [4.69, 9.17) is 11.6 Å². The van der Waals surface area contributed by atoms with Crippen LogP contribution in [-0.4, -0.2) is 36.6 Å². The van der Waals surface area contributed by atoms with E-state index in [1.165, 1.54) is 18.2 Å². The average Bonchev–Trinajstić information content (AvgIpc) is 2.62. The molecule has 1 fully saturated rings. The van der Waals surface area contributed by atoms with E-state index in [-0.39, 0.29) is 22.6 Å². The summed E-state index contributed by atoms with van der Waals surface area (Å²) < 4.78 is 0. The van der Waals surface area contributed by atoms with Crippen LogP contribution < -0.4 is 15.5 Å². The van der Waals surface area contributed by atoms with Crippen molar-refractivity contribution in [1.82, 2.24) is 10.6 Å². The molecule has 1 aliphatic rings. The summed E-state index contributed by atoms with van der Waals surface area (Å²) in [5.41, 5.74) is 2.32. The Hall–Kier alpha value is -2.73. The van der Waals surface area contributed by atoms with Crippen LogP contribution in [0.15, 0.2) is 42.5 Å². The molecule has 3 rings (SSSR count). The fourth-order valence-electron chi connectivity index (χ4n) is 2.62. The van der Waals surface area contributed by atoms with E-state index in [1.807, 2.05) is 29.2 Å². The molecule has 130 valence electrons. The Morgan fingerprint density at radius 2 is 2.00 bits per heavy atom. The highest BCUT2D eigenvalue weighted by atomic mass is 35.5. The first kappa shape index (κ1) is 17.1. The van der Waals surface area contributed by atoms with E-state index < -0.39 is 0 Å². The van der Waals surface area contributed by atoms with E-state index >= 15 is 0 Å². The second-order valence-corrected chi connectivity index (χ2v) is 6.19. The van der Waals surface area contributed by atoms with Crippen molar-refractivity contribution in [2.24, 2.45) is 0 Å². The molecule has 3 N–H and O–H groups in total. The van der Waals surface area contributed by atoms with Crippen LogP contribution in [0.1, 0.15) is 15.9 Å². The number of phenols is 1. The standard InChI is InChI=1S/C18H18ClN3O3/c19-15-9-13(3-6-16(15)23)18(25)21-10-12-1-4-14(5-2-12)22-8-7-20-17(24)11-22/h1-6,9,23H,7-8,10-11H2,(H,20,24)(H,21,25). The van der Waals surface area contributed by atoms with Crippen molar-refractivity contribution in [2.45, 2.75) is 6.54 Å². The summed E-state index contributed by atoms with van der Waals surface area (Å²) >= 11 is 5.81. The number of rotatable bonds is 4. The van der Waals surface area contributed by atoms with Crippen LogP contribution in [0.4, 0.5) is 5.69 Å². The number of anilines is 1. The first-order chi connectivity index (χ1) is 12.0. The Bertz CT molecular complexity index is 793. The van der Waals surface area contributed by atoms with Crippen LogP contribution in [0.25, 0.3) is 0 Å². The van der Waals surface area contributed by atoms with Gasteiger partial charge < -0.3 is 20.6 Å². The van der Waals surface area contributed by atoms with Gasteiger partial charge in [-0.1, -0.05) is 23.7 Å². The van der Waals surface area contributed by atoms with E-state index in [0.29, 0.717) is 25.2 Å². The number of halogens is 1. The molecule has 1 heterocycles. The zero-order chi connectivity index (χ0) is 17.8. The zero-order valence-corrected chi connectivity index (χ0v) is 14.2. The van der Waals surface area contributed by atoms with Gasteiger partial charge in [-0.3, -0.25) is 9.59 Å². The van der Waals surface area contributed by atoms with E-state index in [1.54, 1.807) is 0 Å². The average molecular weight is 360 g/mol. The monoisotopic (exact) mass is 359 g/mol. The third-order valence-corrected chi connectivity index (χ3v) is 4.31. The van der Waals surface area contributed by atoms with Crippen LogP contribution in [0.3, 0.4) is 0 Å². The summed E-state index contributed by atoms with van der Waals surface area (Å²) in [6.07, 6.45) is 0. The minimum atomic E-state index is -0.265. The Labute approximate surface area is 150 Å². The third kappa shape index (κ3) is 4.22. The molecule has 0 bridgehead atoms. The predicted octanol–water partition coefficient (Wildman–Crippen LogP) is 1.91. The number of nitrogens with zero attached hydrogens (tertiary/aromatic N) is 1. The summed E-state index contributed by atoms with van der Waals surface area (Å²) in [5.74, 6) is -0.297. The molecule has 0 atom stereocenters. The molecule has 1 saturated heterocycles. The van der Waals surface area contributed by atoms with Crippen molar-refractivity contribution in [3.8, 4) is 5.75 Å². The second-order valence-electron chi connectivity index (χ2n) is 5.79. The van der Waals surface area contributed by atoms with Crippen molar-refractivity contribution in [3.05, 3.63) is 58.6 Å². The van der Waals surface area contributed by atoms with Gasteiger partial charge in [0.2, 0.25) is 5.91 Å². The van der Waals surface area contributed by atoms with Gasteiger partial charge in [0, 0.05) is 30.9 Å². The third-order valence-electron chi connectivity index (χ3n) is 4.00. The SMILES string of the molecule is O=C1CN(c2ccc(CNC(=O)c3ccc(O)c(Cl)c3)cc2)CCN1. The van der Waals surface area contributed by atoms with E-state index in [9.17, 15) is 14.7 Å². The van der Waals surface area contributed by atoms with Gasteiger partial charge >= 0.3 is 0 Å². The van der Waals surface area contributed by atoms with Crippen molar-refractivity contribution >= 4 is 29.1 Å². The molecule has 0 saturated carbocycles. The molecule has 25 heavy (non-hydrogen) atoms. The van der Waals surface area contributed by atoms with Gasteiger partial charge in [0.1, 0.15) is 5.75 Å². The fourth-order valence-corrected chi connectivity index (χ4v) is 2.80. The van der Waals surface area contributed by atoms with Gasteiger partial charge in [0.05, 0.1) is 11.6 Å². The maximum absolute atomic E-state index is 12.1. The molecule has 0 aromatic heterocycles. The first-order valence-electron chi connectivity index (χ1n) is 7.90. The largest absolute Gasteiger partial charge is 0.506 e. The molecule has 0 spiro atoms. The molecule has 0 radical (unpaired) electrons. The number of phenolic OH excluding ortho intramolecular Hbond substituents is 1. The maximum atomic E-state index is 12.1. The molecule has 2 aromatic carbocycles. The fraction of sp³-hybridized carbons (Fsp3) is 0.222. The van der Waals surface area contributed by atoms with E-state index in [2.05, 4.69) is 10.6 Å². The quantitative estimate of drug-likeness (QED) is 0.779. The lowest BCUT2D eigenvalue weighted by Crippen LogP contribution is -2.47. The lowest BCUT2D eigenvalue weighted by Gasteiger charge is -2.28. The number of piperazine rings is 1. The number of hydrogen-bond acceptors (Lipinski definition) is 4. The molecule has 0 unspecified atom stereocenters. The van der Waals surface area contributed by atoms with Crippen molar-refractivity contribution < 1.29 is 14.7 Å². The van der Waals surface area contributed by atoms with Gasteiger partial charge in [-0.2, -0.15) is 0 Å². The lowest BCUT2D eigenvalue weighted by molar-refractivity contribution is -0.120. The van der Waals surface area contributed by atoms with Gasteiger partial charge in [-0.05, 0) is 35.9 Å². The summed E-state index contributed by atoms with van der Waals surface area (Å²) in [7, 11) is 0. The highest BCUT2D eigenvalue weighted by molar-refractivity contribution is 6.32.